The van der Waals surface area contributed by atoms with Crippen LogP contribution in [0.25, 0.3) is 11.0 Å². The first kappa shape index (κ1) is 26.5. The number of fused-ring (bicyclic) bond motifs is 1. The molecule has 0 radical (unpaired) electrons. The Morgan fingerprint density at radius 2 is 1.94 bits per heavy atom. The maximum atomic E-state index is 12.7. The molecule has 2 aromatic carbocycles. The Kier molecular flexibility index (Phi) is 9.58. The molecule has 0 amide bonds. The van der Waals surface area contributed by atoms with E-state index < -0.39 is 5.97 Å². The number of nitrogen functional groups attached to an aromatic ring is 1. The van der Waals surface area contributed by atoms with Gasteiger partial charge in [-0.3, -0.25) is 5.41 Å². The van der Waals surface area contributed by atoms with Crippen molar-refractivity contribution in [2.75, 3.05) is 19.7 Å². The first-order valence-corrected chi connectivity index (χ1v) is 10.6. The lowest BCUT2D eigenvalue weighted by molar-refractivity contribution is 0.0526. The van der Waals surface area contributed by atoms with Crippen LogP contribution in [0.15, 0.2) is 46.9 Å². The van der Waals surface area contributed by atoms with Gasteiger partial charge in [-0.15, -0.1) is 24.8 Å². The molecule has 3 aromatic rings. The van der Waals surface area contributed by atoms with E-state index in [-0.39, 0.29) is 43.4 Å². The summed E-state index contributed by atoms with van der Waals surface area (Å²) in [6.45, 7) is 3.92. The molecule has 0 bridgehead atoms. The van der Waals surface area contributed by atoms with Crippen LogP contribution in [0.3, 0.4) is 0 Å². The molecule has 1 aliphatic rings. The van der Waals surface area contributed by atoms with Crippen LogP contribution >= 0.6 is 24.8 Å². The van der Waals surface area contributed by atoms with Gasteiger partial charge in [0.1, 0.15) is 34.6 Å². The molecule has 2 heterocycles. The highest BCUT2D eigenvalue weighted by molar-refractivity contribution is 6.07. The van der Waals surface area contributed by atoms with Gasteiger partial charge in [-0.05, 0) is 62.2 Å². The maximum Gasteiger partial charge on any atom is 0.342 e. The smallest absolute Gasteiger partial charge is 0.342 e. The highest BCUT2D eigenvalue weighted by Crippen LogP contribution is 2.29. The highest BCUT2D eigenvalue weighted by Gasteiger charge is 2.22. The van der Waals surface area contributed by atoms with Crippen LogP contribution in [0.4, 0.5) is 0 Å². The highest BCUT2D eigenvalue weighted by atomic mass is 35.5. The van der Waals surface area contributed by atoms with E-state index in [1.54, 1.807) is 25.1 Å². The first-order valence-electron chi connectivity index (χ1n) is 10.6. The molecule has 7 nitrogen and oxygen atoms in total. The SMILES string of the molecule is CCOC(=O)c1c(CCc2ccc(O[C@H]3CCNC3)cc2)oc2ccc(C(=N)N)cc12.Cl.Cl. The van der Waals surface area contributed by atoms with Crippen molar-refractivity contribution in [1.82, 2.24) is 5.32 Å². The number of benzene rings is 2. The second kappa shape index (κ2) is 11.9. The average Bonchev–Trinajstić information content (AvgIpc) is 3.40. The van der Waals surface area contributed by atoms with Gasteiger partial charge < -0.3 is 24.9 Å². The van der Waals surface area contributed by atoms with Crippen LogP contribution in [0.1, 0.15) is 40.6 Å². The zero-order chi connectivity index (χ0) is 21.8. The van der Waals surface area contributed by atoms with Crippen molar-refractivity contribution >= 4 is 47.6 Å². The second-order valence-electron chi connectivity index (χ2n) is 7.62. The number of rotatable bonds is 8. The van der Waals surface area contributed by atoms with Gasteiger partial charge in [0.2, 0.25) is 0 Å². The molecule has 1 saturated heterocycles. The van der Waals surface area contributed by atoms with E-state index in [9.17, 15) is 4.79 Å². The van der Waals surface area contributed by atoms with Gasteiger partial charge in [-0.25, -0.2) is 4.79 Å². The summed E-state index contributed by atoms with van der Waals surface area (Å²) >= 11 is 0. The lowest BCUT2D eigenvalue weighted by Gasteiger charge is -2.12. The number of amidine groups is 1. The van der Waals surface area contributed by atoms with Crippen molar-refractivity contribution in [3.8, 4) is 5.75 Å². The van der Waals surface area contributed by atoms with Crippen LogP contribution in [0.2, 0.25) is 0 Å². The lowest BCUT2D eigenvalue weighted by Crippen LogP contribution is -2.19. The zero-order valence-electron chi connectivity index (χ0n) is 18.4. The van der Waals surface area contributed by atoms with Crippen molar-refractivity contribution in [3.63, 3.8) is 0 Å². The predicted octanol–water partition coefficient (Wildman–Crippen LogP) is 4.26. The number of nitrogens with one attached hydrogen (secondary N) is 2. The molecule has 1 fully saturated rings. The first-order chi connectivity index (χ1) is 15.0. The van der Waals surface area contributed by atoms with Gasteiger partial charge in [0.05, 0.1) is 6.61 Å². The summed E-state index contributed by atoms with van der Waals surface area (Å²) in [5.41, 5.74) is 8.27. The van der Waals surface area contributed by atoms with Crippen LogP contribution < -0.4 is 15.8 Å². The summed E-state index contributed by atoms with van der Waals surface area (Å²) in [6, 6.07) is 13.2. The number of ether oxygens (including phenoxy) is 2. The van der Waals surface area contributed by atoms with E-state index in [1.165, 1.54) is 0 Å². The topological polar surface area (TPSA) is 111 Å². The van der Waals surface area contributed by atoms with Gasteiger partial charge in [0, 0.05) is 23.9 Å². The van der Waals surface area contributed by atoms with E-state index in [0.717, 1.165) is 30.8 Å². The zero-order valence-corrected chi connectivity index (χ0v) is 20.0. The summed E-state index contributed by atoms with van der Waals surface area (Å²) in [6.07, 6.45) is 2.51. The molecule has 178 valence electrons. The average molecular weight is 494 g/mol. The summed E-state index contributed by atoms with van der Waals surface area (Å²) in [5.74, 6) is 0.956. The molecule has 33 heavy (non-hydrogen) atoms. The van der Waals surface area contributed by atoms with E-state index >= 15 is 0 Å². The van der Waals surface area contributed by atoms with Gasteiger partial charge >= 0.3 is 5.97 Å². The number of halogens is 2. The monoisotopic (exact) mass is 493 g/mol. The number of hydrogen-bond donors (Lipinski definition) is 3. The fourth-order valence-electron chi connectivity index (χ4n) is 3.83. The minimum absolute atomic E-state index is 0. The Labute approximate surface area is 205 Å². The minimum Gasteiger partial charge on any atom is -0.489 e. The van der Waals surface area contributed by atoms with Crippen LogP contribution in [-0.4, -0.2) is 37.6 Å². The van der Waals surface area contributed by atoms with Crippen LogP contribution in [-0.2, 0) is 17.6 Å². The quantitative estimate of drug-likeness (QED) is 0.245. The van der Waals surface area contributed by atoms with Crippen molar-refractivity contribution in [1.29, 1.82) is 5.41 Å². The molecule has 4 N–H and O–H groups in total. The van der Waals surface area contributed by atoms with Gasteiger partial charge in [0.25, 0.3) is 0 Å². The van der Waals surface area contributed by atoms with E-state index in [4.69, 9.17) is 25.0 Å². The Balaban J connectivity index is 0.00000193. The van der Waals surface area contributed by atoms with Crippen molar-refractivity contribution in [3.05, 3.63) is 64.9 Å². The molecule has 0 unspecified atom stereocenters. The molecule has 1 aliphatic heterocycles. The Hall–Kier alpha value is -2.74. The summed E-state index contributed by atoms with van der Waals surface area (Å²) in [4.78, 5) is 12.7. The summed E-state index contributed by atoms with van der Waals surface area (Å²) < 4.78 is 17.2. The number of nitrogens with two attached hydrogens (primary N) is 1. The van der Waals surface area contributed by atoms with Gasteiger partial charge in [-0.1, -0.05) is 12.1 Å². The van der Waals surface area contributed by atoms with Crippen LogP contribution in [0, 0.1) is 5.41 Å². The van der Waals surface area contributed by atoms with E-state index in [2.05, 4.69) is 5.32 Å². The Morgan fingerprint density at radius 3 is 2.58 bits per heavy atom. The number of hydrogen-bond acceptors (Lipinski definition) is 6. The Bertz CT molecular complexity index is 1090. The standard InChI is InChI=1S/C24H27N3O4.2ClH/c1-2-29-24(28)22-19-13-16(23(25)26)6-10-20(19)31-21(22)9-5-15-3-7-17(8-4-15)30-18-11-12-27-14-18;;/h3-4,6-8,10,13,18,27H,2,5,9,11-12,14H2,1H3,(H3,25,26);2*1H/t18-;;/m0../s1. The molecular formula is C24H29Cl2N3O4. The normalized spacial score (nSPS) is 14.9. The third-order valence-electron chi connectivity index (χ3n) is 5.43. The van der Waals surface area contributed by atoms with E-state index in [0.29, 0.717) is 40.7 Å². The largest absolute Gasteiger partial charge is 0.489 e. The Morgan fingerprint density at radius 1 is 1.18 bits per heavy atom. The van der Waals surface area contributed by atoms with Gasteiger partial charge in [0.15, 0.2) is 0 Å². The lowest BCUT2D eigenvalue weighted by atomic mass is 10.0. The second-order valence-corrected chi connectivity index (χ2v) is 7.62. The number of carbonyl (C=O) groups excluding carboxylic acids is 1. The maximum absolute atomic E-state index is 12.7. The number of esters is 1. The number of carbonyl (C=O) groups is 1. The fourth-order valence-corrected chi connectivity index (χ4v) is 3.83. The minimum atomic E-state index is -0.425. The van der Waals surface area contributed by atoms with Crippen molar-refractivity contribution < 1.29 is 18.7 Å². The van der Waals surface area contributed by atoms with Crippen molar-refractivity contribution in [2.45, 2.75) is 32.3 Å². The fraction of sp³-hybridized carbons (Fsp3) is 0.333. The van der Waals surface area contributed by atoms with Gasteiger partial charge in [-0.2, -0.15) is 0 Å². The molecule has 1 atom stereocenters. The molecule has 0 saturated carbocycles. The molecule has 1 aromatic heterocycles. The van der Waals surface area contributed by atoms with E-state index in [1.807, 2.05) is 24.3 Å². The molecule has 0 spiro atoms. The molecule has 4 rings (SSSR count). The summed E-state index contributed by atoms with van der Waals surface area (Å²) in [7, 11) is 0. The van der Waals surface area contributed by atoms with Crippen LogP contribution in [0.5, 0.6) is 5.75 Å². The third-order valence-corrected chi connectivity index (χ3v) is 5.43. The number of aryl methyl sites for hydroxylation is 2. The number of furan rings is 1. The predicted molar refractivity (Wildman–Crippen MR) is 133 cm³/mol. The molecular weight excluding hydrogens is 465 g/mol. The van der Waals surface area contributed by atoms with Crippen molar-refractivity contribution in [2.24, 2.45) is 5.73 Å². The molecule has 9 heteroatoms. The molecule has 0 aliphatic carbocycles. The third kappa shape index (κ3) is 6.19. The summed E-state index contributed by atoms with van der Waals surface area (Å²) in [5, 5.41) is 11.6.